The van der Waals surface area contributed by atoms with Crippen LogP contribution in [-0.2, 0) is 31.1 Å². The summed E-state index contributed by atoms with van der Waals surface area (Å²) >= 11 is 8.46. The van der Waals surface area contributed by atoms with Crippen molar-refractivity contribution in [2.45, 2.75) is 69.1 Å². The predicted molar refractivity (Wildman–Crippen MR) is 196 cm³/mol. The van der Waals surface area contributed by atoms with Gasteiger partial charge in [0.2, 0.25) is 10.0 Å². The number of nitrogens with zero attached hydrogens (tertiary/aromatic N) is 1. The topological polar surface area (TPSA) is 94.2 Å². The summed E-state index contributed by atoms with van der Waals surface area (Å²) in [5, 5.41) is -0.644. The predicted octanol–water partition coefficient (Wildman–Crippen LogP) is 7.37. The first-order valence-corrected chi connectivity index (χ1v) is 22.8. The molecule has 3 aliphatic heterocycles. The third-order valence-corrected chi connectivity index (χ3v) is 15.1. The minimum Gasteiger partial charge on any atom is -0.490 e. The first kappa shape index (κ1) is 34.9. The molecule has 1 fully saturated rings. The van der Waals surface area contributed by atoms with Crippen LogP contribution in [0, 0.1) is 29.5 Å². The molecule has 13 heteroatoms. The van der Waals surface area contributed by atoms with Crippen LogP contribution in [0.2, 0.25) is 5.02 Å². The third kappa shape index (κ3) is 6.42. The molecule has 1 saturated carbocycles. The Bertz CT molecular complexity index is 1730. The lowest BCUT2D eigenvalue weighted by Gasteiger charge is -2.48. The minimum absolute atomic E-state index is 0.0671. The number of halogens is 3. The lowest BCUT2D eigenvalue weighted by molar-refractivity contribution is -0.0336. The van der Waals surface area contributed by atoms with Crippen LogP contribution in [0.1, 0.15) is 67.4 Å². The molecule has 1 spiro atoms. The Balaban J connectivity index is 1.30. The van der Waals surface area contributed by atoms with Gasteiger partial charge < -0.3 is 18.9 Å². The number of hydrogen-bond donors (Lipinski definition) is 1. The van der Waals surface area contributed by atoms with Gasteiger partial charge in [0.05, 0.1) is 48.3 Å². The van der Waals surface area contributed by atoms with Gasteiger partial charge in [-0.15, -0.1) is 0 Å². The summed E-state index contributed by atoms with van der Waals surface area (Å²) in [6, 6.07) is 8.75. The van der Waals surface area contributed by atoms with Crippen molar-refractivity contribution in [2.24, 2.45) is 23.7 Å². The molecule has 4 bridgehead atoms. The zero-order valence-corrected chi connectivity index (χ0v) is 31.9. The molecule has 48 heavy (non-hydrogen) atoms. The van der Waals surface area contributed by atoms with E-state index in [1.807, 2.05) is 13.0 Å². The van der Waals surface area contributed by atoms with Gasteiger partial charge in [0, 0.05) is 24.1 Å². The molecule has 0 aromatic heterocycles. The first-order valence-electron chi connectivity index (χ1n) is 16.9. The quantitative estimate of drug-likeness (QED) is 0.146. The number of carbonyl (C=O) groups excluding carboxylic acids is 1. The molecule has 3 aliphatic carbocycles. The van der Waals surface area contributed by atoms with E-state index in [4.69, 9.17) is 25.6 Å². The SMILES string of the molecule is C[C@@H]1[C@@H](C)S(=O)(=O)NC(=O)c2ccc3c(c2)N(C[C@@H]2CC[C@H]2[C@@H](OCCOPI)C2=C[C@H]1C2)C[C@@]1(CCCc2c1ccc(Cl)c2F)CO3. The number of hydrogen-bond acceptors (Lipinski definition) is 7. The number of sulfonamides is 1. The van der Waals surface area contributed by atoms with Gasteiger partial charge in [-0.05, 0) is 132 Å². The van der Waals surface area contributed by atoms with Crippen LogP contribution in [0.5, 0.6) is 5.75 Å². The minimum atomic E-state index is -3.96. The molecule has 8 rings (SSSR count). The monoisotopic (exact) mass is 830 g/mol. The maximum atomic E-state index is 15.4. The van der Waals surface area contributed by atoms with Gasteiger partial charge in [-0.1, -0.05) is 30.7 Å². The van der Waals surface area contributed by atoms with Crippen LogP contribution in [-0.4, -0.2) is 58.6 Å². The van der Waals surface area contributed by atoms with Crippen molar-refractivity contribution >= 4 is 61.7 Å². The van der Waals surface area contributed by atoms with E-state index in [-0.39, 0.29) is 40.3 Å². The van der Waals surface area contributed by atoms with Crippen molar-refractivity contribution in [2.75, 3.05) is 37.8 Å². The Labute approximate surface area is 302 Å². The summed E-state index contributed by atoms with van der Waals surface area (Å²) in [6.07, 6.45) is 7.22. The molecule has 1 N–H and O–H groups in total. The van der Waals surface area contributed by atoms with Gasteiger partial charge in [0.1, 0.15) is 11.6 Å². The highest BCUT2D eigenvalue weighted by Crippen LogP contribution is 2.50. The summed E-state index contributed by atoms with van der Waals surface area (Å²) in [5.41, 5.74) is 3.31. The van der Waals surface area contributed by atoms with E-state index in [0.717, 1.165) is 43.4 Å². The second-order valence-electron chi connectivity index (χ2n) is 14.2. The number of allylic oxidation sites excluding steroid dienone is 1. The van der Waals surface area contributed by atoms with Gasteiger partial charge in [0.15, 0.2) is 0 Å². The molecule has 0 saturated heterocycles. The second-order valence-corrected chi connectivity index (χ2v) is 18.5. The van der Waals surface area contributed by atoms with E-state index in [1.54, 1.807) is 31.2 Å². The molecular weight excluding hydrogens is 789 g/mol. The van der Waals surface area contributed by atoms with Gasteiger partial charge >= 0.3 is 0 Å². The molecule has 0 radical (unpaired) electrons. The largest absolute Gasteiger partial charge is 0.490 e. The van der Waals surface area contributed by atoms with Crippen LogP contribution in [0.4, 0.5) is 10.1 Å². The van der Waals surface area contributed by atoms with Gasteiger partial charge in [-0.2, -0.15) is 0 Å². The van der Waals surface area contributed by atoms with Crippen molar-refractivity contribution in [3.05, 3.63) is 69.5 Å². The van der Waals surface area contributed by atoms with Crippen LogP contribution in [0.25, 0.3) is 0 Å². The summed E-state index contributed by atoms with van der Waals surface area (Å²) < 4.78 is 63.5. The molecule has 260 valence electrons. The van der Waals surface area contributed by atoms with Crippen molar-refractivity contribution in [3.8, 4) is 5.75 Å². The van der Waals surface area contributed by atoms with Crippen LogP contribution < -0.4 is 14.4 Å². The number of nitrogens with one attached hydrogen (secondary N) is 1. The second kappa shape index (κ2) is 13.9. The van der Waals surface area contributed by atoms with Gasteiger partial charge in [-0.3, -0.25) is 4.79 Å². The van der Waals surface area contributed by atoms with Crippen molar-refractivity contribution < 1.29 is 31.6 Å². The molecule has 8 nitrogen and oxygen atoms in total. The molecule has 2 aromatic carbocycles. The molecule has 2 aromatic rings. The summed E-state index contributed by atoms with van der Waals surface area (Å²) in [4.78, 5) is 15.8. The number of anilines is 1. The Morgan fingerprint density at radius 2 is 2.02 bits per heavy atom. The normalized spacial score (nSPS) is 32.6. The van der Waals surface area contributed by atoms with E-state index in [1.165, 1.54) is 5.57 Å². The third-order valence-electron chi connectivity index (χ3n) is 11.7. The lowest BCUT2D eigenvalue weighted by atomic mass is 9.64. The highest BCUT2D eigenvalue weighted by molar-refractivity contribution is 14.2. The molecule has 1 unspecified atom stereocenters. The van der Waals surface area contributed by atoms with Gasteiger partial charge in [0.25, 0.3) is 5.91 Å². The Morgan fingerprint density at radius 1 is 1.21 bits per heavy atom. The highest BCUT2D eigenvalue weighted by atomic mass is 127. The summed E-state index contributed by atoms with van der Waals surface area (Å²) in [6.45, 7) is 6.64. The molecule has 3 heterocycles. The van der Waals surface area contributed by atoms with Gasteiger partial charge in [-0.25, -0.2) is 17.5 Å². The Morgan fingerprint density at radius 3 is 2.77 bits per heavy atom. The van der Waals surface area contributed by atoms with E-state index in [2.05, 4.69) is 37.7 Å². The fourth-order valence-electron chi connectivity index (χ4n) is 8.53. The fourth-order valence-corrected chi connectivity index (χ4v) is 10.9. The summed E-state index contributed by atoms with van der Waals surface area (Å²) in [5.74, 6) is 0.118. The van der Waals surface area contributed by atoms with Crippen LogP contribution in [0.15, 0.2) is 42.0 Å². The van der Waals surface area contributed by atoms with E-state index < -0.39 is 26.6 Å². The number of rotatable bonds is 5. The smallest absolute Gasteiger partial charge is 0.264 e. The van der Waals surface area contributed by atoms with E-state index in [0.29, 0.717) is 63.0 Å². The lowest BCUT2D eigenvalue weighted by Crippen LogP contribution is -2.51. The average molecular weight is 831 g/mol. The molecule has 8 atom stereocenters. The number of ether oxygens (including phenoxy) is 2. The standard InChI is InChI=1S/C35H42ClFIN2O6PS/c1-20-21(2)48(42,43)39-34(41)22-6-10-31-30(16-22)40(18-35(19-45-31)11-3-4-27-28(35)8-9-29(36)32(27)37)17-23-5-7-26(23)33(25-14-24(20)15-25)44-12-13-46-47-38/h6,8-10,14,16,20-21,23-24,26,33,47H,3-5,7,11-13,15,17-19H2,1-2H3,(H,39,41)/t20-,21-,23+,24+,26-,33+,35+/m1/s1. The van der Waals surface area contributed by atoms with E-state index in [9.17, 15) is 13.2 Å². The maximum Gasteiger partial charge on any atom is 0.264 e. The average Bonchev–Trinajstić information content (AvgIpc) is 3.18. The maximum absolute atomic E-state index is 15.4. The molecular formula is C35H42ClFIN2O6PS. The van der Waals surface area contributed by atoms with Crippen molar-refractivity contribution in [1.29, 1.82) is 0 Å². The van der Waals surface area contributed by atoms with Crippen molar-refractivity contribution in [1.82, 2.24) is 4.72 Å². The Hall–Kier alpha value is -1.50. The Kier molecular flexibility index (Phi) is 10.1. The number of fused-ring (bicyclic) bond motifs is 6. The zero-order valence-electron chi connectivity index (χ0n) is 27.1. The summed E-state index contributed by atoms with van der Waals surface area (Å²) in [7, 11) is -3.96. The highest BCUT2D eigenvalue weighted by Gasteiger charge is 2.47. The number of carbonyl (C=O) groups is 1. The van der Waals surface area contributed by atoms with Crippen LogP contribution >= 0.6 is 40.1 Å². The van der Waals surface area contributed by atoms with Crippen LogP contribution in [0.3, 0.4) is 0 Å². The zero-order chi connectivity index (χ0) is 33.8. The number of amides is 1. The molecule has 6 aliphatic rings. The van der Waals surface area contributed by atoms with E-state index >= 15 is 4.39 Å². The molecule has 1 amide bonds. The fraction of sp³-hybridized carbons (Fsp3) is 0.571. The number of benzene rings is 2. The van der Waals surface area contributed by atoms with Crippen molar-refractivity contribution in [3.63, 3.8) is 0 Å². The first-order chi connectivity index (χ1) is 23.0.